The lowest BCUT2D eigenvalue weighted by molar-refractivity contribution is 0.0707. The van der Waals surface area contributed by atoms with E-state index in [1.807, 2.05) is 11.8 Å². The Bertz CT molecular complexity index is 813. The molecule has 0 atom stereocenters. The number of carbonyl (C=O) groups excluding carboxylic acids is 1. The Morgan fingerprint density at radius 2 is 2.12 bits per heavy atom. The molecule has 7 heteroatoms. The standard InChI is InChI=1S/C18H20ClN3O3/c1-2-25-15-11-13(19)3-4-14(15)18(24)22-9-6-12(7-10-22)17-20-8-5-16(23)21-17/h3-5,8,11-12H,2,6-7,9-10H2,1H3,(H,20,21,23). The van der Waals surface area contributed by atoms with Gasteiger partial charge in [0, 0.05) is 36.3 Å². The van der Waals surface area contributed by atoms with E-state index < -0.39 is 0 Å². The van der Waals surface area contributed by atoms with Crippen LogP contribution in [-0.2, 0) is 0 Å². The predicted molar refractivity (Wildman–Crippen MR) is 95.4 cm³/mol. The minimum absolute atomic E-state index is 0.0620. The summed E-state index contributed by atoms with van der Waals surface area (Å²) in [6.45, 7) is 3.55. The van der Waals surface area contributed by atoms with Gasteiger partial charge in [-0.2, -0.15) is 0 Å². The number of H-pyrrole nitrogens is 1. The number of carbonyl (C=O) groups is 1. The third-order valence-corrected chi connectivity index (χ3v) is 4.57. The average Bonchev–Trinajstić information content (AvgIpc) is 2.62. The molecule has 0 saturated carbocycles. The van der Waals surface area contributed by atoms with E-state index in [9.17, 15) is 9.59 Å². The Morgan fingerprint density at radius 3 is 2.80 bits per heavy atom. The Hall–Kier alpha value is -2.34. The first-order valence-electron chi connectivity index (χ1n) is 8.35. The number of rotatable bonds is 4. The number of piperidine rings is 1. The highest BCUT2D eigenvalue weighted by atomic mass is 35.5. The largest absolute Gasteiger partial charge is 0.493 e. The van der Waals surface area contributed by atoms with Crippen molar-refractivity contribution in [1.29, 1.82) is 0 Å². The maximum Gasteiger partial charge on any atom is 0.257 e. The van der Waals surface area contributed by atoms with Crippen molar-refractivity contribution in [3.8, 4) is 5.75 Å². The highest BCUT2D eigenvalue weighted by Gasteiger charge is 2.27. The van der Waals surface area contributed by atoms with E-state index in [0.717, 1.165) is 12.8 Å². The Labute approximate surface area is 150 Å². The molecule has 132 valence electrons. The van der Waals surface area contributed by atoms with Crippen LogP contribution in [0.15, 0.2) is 35.3 Å². The molecule has 2 heterocycles. The van der Waals surface area contributed by atoms with Crippen LogP contribution in [0.4, 0.5) is 0 Å². The van der Waals surface area contributed by atoms with E-state index in [1.165, 1.54) is 12.3 Å². The summed E-state index contributed by atoms with van der Waals surface area (Å²) in [5, 5.41) is 0.540. The van der Waals surface area contributed by atoms with Crippen LogP contribution in [0.5, 0.6) is 5.75 Å². The molecule has 0 radical (unpaired) electrons. The van der Waals surface area contributed by atoms with Crippen LogP contribution < -0.4 is 10.3 Å². The van der Waals surface area contributed by atoms with Crippen molar-refractivity contribution in [3.05, 3.63) is 57.2 Å². The SMILES string of the molecule is CCOc1cc(Cl)ccc1C(=O)N1CCC(c2nccc(=O)[nH]2)CC1. The van der Waals surface area contributed by atoms with E-state index in [2.05, 4.69) is 9.97 Å². The van der Waals surface area contributed by atoms with Crippen LogP contribution >= 0.6 is 11.6 Å². The van der Waals surface area contributed by atoms with Gasteiger partial charge in [0.25, 0.3) is 11.5 Å². The molecule has 1 aromatic heterocycles. The molecule has 1 saturated heterocycles. The number of nitrogens with zero attached hydrogens (tertiary/aromatic N) is 2. The summed E-state index contributed by atoms with van der Waals surface area (Å²) in [6, 6.07) is 6.47. The normalized spacial score (nSPS) is 15.2. The molecule has 0 bridgehead atoms. The number of aromatic amines is 1. The van der Waals surface area contributed by atoms with Crippen LogP contribution in [0.3, 0.4) is 0 Å². The second kappa shape index (κ2) is 7.70. The number of ether oxygens (including phenoxy) is 1. The quantitative estimate of drug-likeness (QED) is 0.908. The van der Waals surface area contributed by atoms with Gasteiger partial charge in [0.2, 0.25) is 0 Å². The van der Waals surface area contributed by atoms with E-state index in [4.69, 9.17) is 16.3 Å². The Balaban J connectivity index is 1.71. The molecule has 1 fully saturated rings. The van der Waals surface area contributed by atoms with Crippen molar-refractivity contribution in [1.82, 2.24) is 14.9 Å². The van der Waals surface area contributed by atoms with Crippen molar-refractivity contribution in [3.63, 3.8) is 0 Å². The first-order valence-corrected chi connectivity index (χ1v) is 8.73. The fraction of sp³-hybridized carbons (Fsp3) is 0.389. The maximum absolute atomic E-state index is 12.8. The summed E-state index contributed by atoms with van der Waals surface area (Å²) in [6.07, 6.45) is 3.04. The number of hydrogen-bond donors (Lipinski definition) is 1. The molecule has 1 aliphatic heterocycles. The molecule has 0 spiro atoms. The number of benzene rings is 1. The van der Waals surface area contributed by atoms with E-state index >= 15 is 0 Å². The van der Waals surface area contributed by atoms with Crippen LogP contribution in [0.1, 0.15) is 41.9 Å². The lowest BCUT2D eigenvalue weighted by Crippen LogP contribution is -2.38. The predicted octanol–water partition coefficient (Wildman–Crippen LogP) is 2.84. The third-order valence-electron chi connectivity index (χ3n) is 4.33. The van der Waals surface area contributed by atoms with Crippen molar-refractivity contribution < 1.29 is 9.53 Å². The minimum Gasteiger partial charge on any atom is -0.493 e. The summed E-state index contributed by atoms with van der Waals surface area (Å²) in [5.41, 5.74) is 0.377. The van der Waals surface area contributed by atoms with Crippen LogP contribution in [0.25, 0.3) is 0 Å². The highest BCUT2D eigenvalue weighted by molar-refractivity contribution is 6.30. The number of amides is 1. The lowest BCUT2D eigenvalue weighted by Gasteiger charge is -2.31. The summed E-state index contributed by atoms with van der Waals surface area (Å²) in [5.74, 6) is 1.31. The molecule has 1 amide bonds. The molecule has 3 rings (SSSR count). The number of nitrogens with one attached hydrogen (secondary N) is 1. The highest BCUT2D eigenvalue weighted by Crippen LogP contribution is 2.29. The van der Waals surface area contributed by atoms with Crippen molar-refractivity contribution in [2.45, 2.75) is 25.7 Å². The van der Waals surface area contributed by atoms with E-state index in [-0.39, 0.29) is 17.4 Å². The lowest BCUT2D eigenvalue weighted by atomic mass is 9.95. The van der Waals surface area contributed by atoms with Gasteiger partial charge in [0.05, 0.1) is 12.2 Å². The first-order chi connectivity index (χ1) is 12.1. The van der Waals surface area contributed by atoms with Crippen molar-refractivity contribution in [2.75, 3.05) is 19.7 Å². The van der Waals surface area contributed by atoms with E-state index in [1.54, 1.807) is 18.2 Å². The molecular weight excluding hydrogens is 342 g/mol. The molecule has 1 aromatic carbocycles. The van der Waals surface area contributed by atoms with Gasteiger partial charge in [-0.05, 0) is 38.0 Å². The van der Waals surface area contributed by atoms with Crippen LogP contribution in [0.2, 0.25) is 5.02 Å². The molecule has 2 aromatic rings. The number of hydrogen-bond acceptors (Lipinski definition) is 4. The van der Waals surface area contributed by atoms with Gasteiger partial charge in [0.15, 0.2) is 0 Å². The third kappa shape index (κ3) is 4.02. The average molecular weight is 362 g/mol. The second-order valence-electron chi connectivity index (χ2n) is 5.96. The summed E-state index contributed by atoms with van der Waals surface area (Å²) < 4.78 is 5.55. The molecule has 0 unspecified atom stereocenters. The number of aromatic nitrogens is 2. The minimum atomic E-state index is -0.147. The molecular formula is C18H20ClN3O3. The fourth-order valence-corrected chi connectivity index (χ4v) is 3.23. The first kappa shape index (κ1) is 17.5. The van der Waals surface area contributed by atoms with Gasteiger partial charge in [-0.15, -0.1) is 0 Å². The van der Waals surface area contributed by atoms with Gasteiger partial charge in [-0.25, -0.2) is 4.98 Å². The Kier molecular flexibility index (Phi) is 5.38. The van der Waals surface area contributed by atoms with Gasteiger partial charge < -0.3 is 14.6 Å². The van der Waals surface area contributed by atoms with Gasteiger partial charge in [-0.3, -0.25) is 9.59 Å². The van der Waals surface area contributed by atoms with Gasteiger partial charge >= 0.3 is 0 Å². The fourth-order valence-electron chi connectivity index (χ4n) is 3.07. The van der Waals surface area contributed by atoms with E-state index in [0.29, 0.717) is 41.9 Å². The van der Waals surface area contributed by atoms with Crippen LogP contribution in [-0.4, -0.2) is 40.5 Å². The zero-order valence-corrected chi connectivity index (χ0v) is 14.8. The maximum atomic E-state index is 12.8. The summed E-state index contributed by atoms with van der Waals surface area (Å²) in [7, 11) is 0. The monoisotopic (exact) mass is 361 g/mol. The molecule has 1 aliphatic rings. The van der Waals surface area contributed by atoms with Crippen molar-refractivity contribution in [2.24, 2.45) is 0 Å². The zero-order chi connectivity index (χ0) is 17.8. The van der Waals surface area contributed by atoms with Gasteiger partial charge in [0.1, 0.15) is 11.6 Å². The summed E-state index contributed by atoms with van der Waals surface area (Å²) in [4.78, 5) is 33.1. The topological polar surface area (TPSA) is 75.3 Å². The smallest absolute Gasteiger partial charge is 0.257 e. The molecule has 25 heavy (non-hydrogen) atoms. The molecule has 6 nitrogen and oxygen atoms in total. The Morgan fingerprint density at radius 1 is 1.36 bits per heavy atom. The van der Waals surface area contributed by atoms with Crippen LogP contribution in [0, 0.1) is 0 Å². The van der Waals surface area contributed by atoms with Gasteiger partial charge in [-0.1, -0.05) is 11.6 Å². The second-order valence-corrected chi connectivity index (χ2v) is 6.40. The molecule has 1 N–H and O–H groups in total. The number of likely N-dealkylation sites (tertiary alicyclic amines) is 1. The van der Waals surface area contributed by atoms with Crippen molar-refractivity contribution >= 4 is 17.5 Å². The summed E-state index contributed by atoms with van der Waals surface area (Å²) >= 11 is 6.00. The number of halogens is 1. The molecule has 0 aliphatic carbocycles. The zero-order valence-electron chi connectivity index (χ0n) is 14.0.